The second-order valence-electron chi connectivity index (χ2n) is 6.74. The minimum absolute atomic E-state index is 0.0854. The van der Waals surface area contributed by atoms with E-state index in [2.05, 4.69) is 4.98 Å². The van der Waals surface area contributed by atoms with Crippen molar-refractivity contribution < 1.29 is 19.6 Å². The molecule has 140 valence electrons. The van der Waals surface area contributed by atoms with Crippen LogP contribution in [0, 0.1) is 0 Å². The van der Waals surface area contributed by atoms with E-state index in [1.54, 1.807) is 48.8 Å². The largest absolute Gasteiger partial charge is 0.507 e. The number of aliphatic hydroxyl groups is 1. The van der Waals surface area contributed by atoms with Crippen LogP contribution >= 0.6 is 11.6 Å². The van der Waals surface area contributed by atoms with Crippen LogP contribution in [-0.4, -0.2) is 53.9 Å². The minimum atomic E-state index is -0.682. The van der Waals surface area contributed by atoms with Crippen molar-refractivity contribution in [2.75, 3.05) is 27.2 Å². The van der Waals surface area contributed by atoms with Crippen molar-refractivity contribution in [3.05, 3.63) is 70.5 Å². The van der Waals surface area contributed by atoms with Gasteiger partial charge in [-0.1, -0.05) is 11.6 Å². The molecule has 7 heteroatoms. The topological polar surface area (TPSA) is 74.9 Å². The molecule has 1 aliphatic heterocycles. The molecule has 1 aromatic carbocycles. The molecule has 2 N–H and O–H groups in total. The van der Waals surface area contributed by atoms with Gasteiger partial charge in [0.1, 0.15) is 5.76 Å². The van der Waals surface area contributed by atoms with Crippen LogP contribution in [0.25, 0.3) is 5.76 Å². The van der Waals surface area contributed by atoms with E-state index in [1.807, 2.05) is 14.1 Å². The Morgan fingerprint density at radius 1 is 1.15 bits per heavy atom. The van der Waals surface area contributed by atoms with Crippen molar-refractivity contribution in [2.45, 2.75) is 6.04 Å². The summed E-state index contributed by atoms with van der Waals surface area (Å²) in [7, 11) is 3.96. The van der Waals surface area contributed by atoms with Crippen LogP contribution in [-0.2, 0) is 9.59 Å². The first-order valence-electron chi connectivity index (χ1n) is 8.63. The van der Waals surface area contributed by atoms with Gasteiger partial charge in [-0.2, -0.15) is 0 Å². The SMILES string of the molecule is C[NH+](C)CCN1C(=O)C(=O)/C(=C(/O)c2ccc(Cl)cc2)[C@@H]1c1ccncc1. The molecule has 0 saturated carbocycles. The molecule has 2 aromatic rings. The highest BCUT2D eigenvalue weighted by molar-refractivity contribution is 6.46. The molecule has 6 nitrogen and oxygen atoms in total. The number of hydrogen-bond donors (Lipinski definition) is 2. The number of rotatable bonds is 5. The number of pyridine rings is 1. The first kappa shape index (κ1) is 19.1. The number of carbonyl (C=O) groups is 2. The number of aliphatic hydroxyl groups excluding tert-OH is 1. The molecule has 2 heterocycles. The highest BCUT2D eigenvalue weighted by Crippen LogP contribution is 2.38. The summed E-state index contributed by atoms with van der Waals surface area (Å²) in [4.78, 5) is 32.1. The van der Waals surface area contributed by atoms with Crippen molar-refractivity contribution in [1.29, 1.82) is 0 Å². The number of carbonyl (C=O) groups excluding carboxylic acids is 2. The lowest BCUT2D eigenvalue weighted by Crippen LogP contribution is -3.06. The van der Waals surface area contributed by atoms with E-state index >= 15 is 0 Å². The highest BCUT2D eigenvalue weighted by atomic mass is 35.5. The number of likely N-dealkylation sites (N-methyl/N-ethyl adjacent to an activating group) is 1. The Morgan fingerprint density at radius 2 is 1.78 bits per heavy atom. The van der Waals surface area contributed by atoms with Gasteiger partial charge in [0.15, 0.2) is 0 Å². The molecule has 0 bridgehead atoms. The highest BCUT2D eigenvalue weighted by Gasteiger charge is 2.46. The van der Waals surface area contributed by atoms with E-state index in [-0.39, 0.29) is 11.3 Å². The van der Waals surface area contributed by atoms with E-state index in [0.29, 0.717) is 23.7 Å². The smallest absolute Gasteiger partial charge is 0.295 e. The molecule has 1 aliphatic rings. The van der Waals surface area contributed by atoms with Crippen molar-refractivity contribution in [1.82, 2.24) is 9.88 Å². The molecule has 3 rings (SSSR count). The van der Waals surface area contributed by atoms with Crippen molar-refractivity contribution in [2.24, 2.45) is 0 Å². The number of hydrogen-bond acceptors (Lipinski definition) is 4. The fourth-order valence-corrected chi connectivity index (χ4v) is 3.24. The number of likely N-dealkylation sites (tertiary alicyclic amines) is 1. The van der Waals surface area contributed by atoms with E-state index in [9.17, 15) is 14.7 Å². The van der Waals surface area contributed by atoms with E-state index < -0.39 is 17.7 Å². The average Bonchev–Trinajstić information content (AvgIpc) is 2.91. The maximum Gasteiger partial charge on any atom is 0.295 e. The minimum Gasteiger partial charge on any atom is -0.507 e. The monoisotopic (exact) mass is 386 g/mol. The third-order valence-corrected chi connectivity index (χ3v) is 4.78. The molecular formula is C20H21ClN3O3+. The Kier molecular flexibility index (Phi) is 5.58. The molecule has 0 spiro atoms. The van der Waals surface area contributed by atoms with Crippen LogP contribution in [0.1, 0.15) is 17.2 Å². The van der Waals surface area contributed by atoms with E-state index in [0.717, 1.165) is 10.5 Å². The van der Waals surface area contributed by atoms with E-state index in [4.69, 9.17) is 11.6 Å². The van der Waals surface area contributed by atoms with Gasteiger partial charge in [0.25, 0.3) is 11.7 Å². The number of Topliss-reactive ketones (excluding diaryl/α,β-unsaturated/α-hetero) is 1. The third kappa shape index (κ3) is 3.86. The summed E-state index contributed by atoms with van der Waals surface area (Å²) in [5, 5.41) is 11.4. The number of amides is 1. The summed E-state index contributed by atoms with van der Waals surface area (Å²) in [6, 6.07) is 9.36. The van der Waals surface area contributed by atoms with Gasteiger partial charge in [-0.05, 0) is 42.0 Å². The Bertz CT molecular complexity index is 879. The first-order valence-corrected chi connectivity index (χ1v) is 9.01. The standard InChI is InChI=1S/C20H20ClN3O3/c1-23(2)11-12-24-17(13-7-9-22-10-8-13)16(19(26)20(24)27)18(25)14-3-5-15(21)6-4-14/h3-10,17,25H,11-12H2,1-2H3/p+1/b18-16+/t17-/m0/s1. The number of aromatic nitrogens is 1. The Balaban J connectivity index is 2.12. The van der Waals surface area contributed by atoms with Crippen LogP contribution in [0.15, 0.2) is 54.4 Å². The zero-order valence-electron chi connectivity index (χ0n) is 15.1. The molecule has 0 aliphatic carbocycles. The number of quaternary nitrogens is 1. The Labute approximate surface area is 162 Å². The average molecular weight is 387 g/mol. The van der Waals surface area contributed by atoms with Crippen molar-refractivity contribution in [3.8, 4) is 0 Å². The number of nitrogens with zero attached hydrogens (tertiary/aromatic N) is 2. The lowest BCUT2D eigenvalue weighted by molar-refractivity contribution is -0.857. The normalized spacial score (nSPS) is 19.1. The van der Waals surface area contributed by atoms with Crippen LogP contribution < -0.4 is 4.90 Å². The maximum absolute atomic E-state index is 12.8. The van der Waals surface area contributed by atoms with Crippen molar-refractivity contribution in [3.63, 3.8) is 0 Å². The summed E-state index contributed by atoms with van der Waals surface area (Å²) in [6.07, 6.45) is 3.21. The lowest BCUT2D eigenvalue weighted by Gasteiger charge is -2.25. The zero-order valence-corrected chi connectivity index (χ0v) is 15.9. The number of halogens is 1. The van der Waals surface area contributed by atoms with Gasteiger partial charge in [0.2, 0.25) is 0 Å². The van der Waals surface area contributed by atoms with Crippen LogP contribution in [0.2, 0.25) is 5.02 Å². The van der Waals surface area contributed by atoms with Gasteiger partial charge >= 0.3 is 0 Å². The summed E-state index contributed by atoms with van der Waals surface area (Å²) < 4.78 is 0. The van der Waals surface area contributed by atoms with Gasteiger partial charge < -0.3 is 14.9 Å². The summed E-state index contributed by atoms with van der Waals surface area (Å²) >= 11 is 5.91. The van der Waals surface area contributed by atoms with Crippen LogP contribution in [0.3, 0.4) is 0 Å². The summed E-state index contributed by atoms with van der Waals surface area (Å²) in [5.41, 5.74) is 1.26. The lowest BCUT2D eigenvalue weighted by atomic mass is 9.96. The predicted molar refractivity (Wildman–Crippen MR) is 102 cm³/mol. The molecular weight excluding hydrogens is 366 g/mol. The molecule has 0 unspecified atom stereocenters. The predicted octanol–water partition coefficient (Wildman–Crippen LogP) is 1.30. The quantitative estimate of drug-likeness (QED) is 0.461. The molecule has 0 radical (unpaired) electrons. The van der Waals surface area contributed by atoms with Gasteiger partial charge in [-0.25, -0.2) is 0 Å². The van der Waals surface area contributed by atoms with Gasteiger partial charge in [-0.15, -0.1) is 0 Å². The van der Waals surface area contributed by atoms with Crippen molar-refractivity contribution >= 4 is 29.1 Å². The zero-order chi connectivity index (χ0) is 19.6. The van der Waals surface area contributed by atoms with Gasteiger partial charge in [0.05, 0.1) is 38.8 Å². The second-order valence-corrected chi connectivity index (χ2v) is 7.17. The van der Waals surface area contributed by atoms with Gasteiger partial charge in [0, 0.05) is 23.0 Å². The molecule has 1 aromatic heterocycles. The molecule has 1 fully saturated rings. The Morgan fingerprint density at radius 3 is 2.37 bits per heavy atom. The second kappa shape index (κ2) is 7.90. The summed E-state index contributed by atoms with van der Waals surface area (Å²) in [6.45, 7) is 1.08. The van der Waals surface area contributed by atoms with Gasteiger partial charge in [-0.3, -0.25) is 14.6 Å². The fourth-order valence-electron chi connectivity index (χ4n) is 3.11. The fraction of sp³-hybridized carbons (Fsp3) is 0.250. The van der Waals surface area contributed by atoms with Crippen LogP contribution in [0.4, 0.5) is 0 Å². The number of benzene rings is 1. The van der Waals surface area contributed by atoms with Crippen LogP contribution in [0.5, 0.6) is 0 Å². The number of nitrogens with one attached hydrogen (secondary N) is 1. The molecule has 1 atom stereocenters. The molecule has 1 saturated heterocycles. The first-order chi connectivity index (χ1) is 12.9. The molecule has 1 amide bonds. The Hall–Kier alpha value is -2.70. The molecule has 27 heavy (non-hydrogen) atoms. The number of ketones is 1. The summed E-state index contributed by atoms with van der Waals surface area (Å²) in [5.74, 6) is -1.49. The van der Waals surface area contributed by atoms with E-state index in [1.165, 1.54) is 4.90 Å². The third-order valence-electron chi connectivity index (χ3n) is 4.53. The maximum atomic E-state index is 12.8.